The smallest absolute Gasteiger partial charge is 0.191 e. The Morgan fingerprint density at radius 2 is 2.14 bits per heavy atom. The van der Waals surface area contributed by atoms with Gasteiger partial charge in [-0.15, -0.1) is 34.2 Å². The first-order chi connectivity index (χ1) is 13.0. The molecular formula is C19H27IN6O2. The number of rotatable bonds is 6. The molecule has 0 aliphatic rings. The van der Waals surface area contributed by atoms with Crippen LogP contribution in [0.3, 0.4) is 0 Å². The van der Waals surface area contributed by atoms with E-state index in [2.05, 4.69) is 25.8 Å². The van der Waals surface area contributed by atoms with E-state index >= 15 is 0 Å². The molecule has 2 N–H and O–H groups in total. The summed E-state index contributed by atoms with van der Waals surface area (Å²) in [5.41, 5.74) is 0.764. The molecule has 1 unspecified atom stereocenters. The summed E-state index contributed by atoms with van der Waals surface area (Å²) in [6.07, 6.45) is 0. The van der Waals surface area contributed by atoms with Crippen molar-refractivity contribution in [2.45, 2.75) is 33.4 Å². The third-order valence-corrected chi connectivity index (χ3v) is 4.43. The molecule has 0 aliphatic heterocycles. The molecule has 0 saturated carbocycles. The van der Waals surface area contributed by atoms with Gasteiger partial charge < -0.3 is 24.4 Å². The molecule has 0 saturated heterocycles. The molecule has 152 valence electrons. The average Bonchev–Trinajstić information content (AvgIpc) is 3.24. The molecule has 2 heterocycles. The number of hydrogen-bond acceptors (Lipinski definition) is 5. The van der Waals surface area contributed by atoms with Gasteiger partial charge in [0, 0.05) is 19.5 Å². The first-order valence-corrected chi connectivity index (χ1v) is 9.00. The van der Waals surface area contributed by atoms with Gasteiger partial charge in [-0.2, -0.15) is 0 Å². The Kier molecular flexibility index (Phi) is 7.67. The van der Waals surface area contributed by atoms with Crippen LogP contribution in [-0.4, -0.2) is 34.4 Å². The van der Waals surface area contributed by atoms with Crippen LogP contribution in [-0.2, 0) is 13.6 Å². The minimum absolute atomic E-state index is 0. The molecule has 28 heavy (non-hydrogen) atoms. The van der Waals surface area contributed by atoms with Crippen molar-refractivity contribution in [2.75, 3.05) is 13.7 Å². The van der Waals surface area contributed by atoms with E-state index in [4.69, 9.17) is 9.15 Å². The van der Waals surface area contributed by atoms with Crippen molar-refractivity contribution >= 4 is 40.9 Å². The number of nitrogens with zero attached hydrogens (tertiary/aromatic N) is 4. The average molecular weight is 498 g/mol. The molecule has 1 atom stereocenters. The van der Waals surface area contributed by atoms with Gasteiger partial charge in [0.25, 0.3) is 0 Å². The Morgan fingerprint density at radius 1 is 1.36 bits per heavy atom. The highest BCUT2D eigenvalue weighted by Gasteiger charge is 2.16. The van der Waals surface area contributed by atoms with Crippen LogP contribution in [0.1, 0.15) is 37.3 Å². The molecule has 0 aliphatic carbocycles. The van der Waals surface area contributed by atoms with Crippen LogP contribution in [0.15, 0.2) is 33.7 Å². The second kappa shape index (κ2) is 9.76. The fourth-order valence-corrected chi connectivity index (χ4v) is 2.78. The molecule has 3 aromatic rings. The number of para-hydroxylation sites is 1. The monoisotopic (exact) mass is 498 g/mol. The van der Waals surface area contributed by atoms with Gasteiger partial charge in [-0.1, -0.05) is 12.1 Å². The number of halogens is 1. The van der Waals surface area contributed by atoms with Gasteiger partial charge in [0.2, 0.25) is 0 Å². The van der Waals surface area contributed by atoms with Crippen LogP contribution in [0, 0.1) is 6.92 Å². The lowest BCUT2D eigenvalue weighted by molar-refractivity contribution is 0.336. The molecule has 9 heteroatoms. The van der Waals surface area contributed by atoms with Crippen molar-refractivity contribution in [3.8, 4) is 5.75 Å². The van der Waals surface area contributed by atoms with E-state index in [9.17, 15) is 0 Å². The Balaban J connectivity index is 0.00000280. The number of nitrogens with one attached hydrogen (secondary N) is 2. The Labute approximate surface area is 181 Å². The highest BCUT2D eigenvalue weighted by Crippen LogP contribution is 2.31. The Bertz CT molecular complexity index is 949. The van der Waals surface area contributed by atoms with Crippen molar-refractivity contribution in [1.29, 1.82) is 0 Å². The van der Waals surface area contributed by atoms with Crippen LogP contribution >= 0.6 is 24.0 Å². The molecule has 0 bridgehead atoms. The SMILES string of the molecule is CCOc1cccc2cc(C(C)NC(=NC)NCc3nnc(C)n3C)oc12.I. The predicted octanol–water partition coefficient (Wildman–Crippen LogP) is 3.31. The van der Waals surface area contributed by atoms with Gasteiger partial charge in [-0.3, -0.25) is 4.99 Å². The molecule has 3 rings (SSSR count). The van der Waals surface area contributed by atoms with Crippen molar-refractivity contribution in [3.63, 3.8) is 0 Å². The molecule has 8 nitrogen and oxygen atoms in total. The summed E-state index contributed by atoms with van der Waals surface area (Å²) in [6, 6.07) is 7.85. The number of guanidine groups is 1. The van der Waals surface area contributed by atoms with Crippen LogP contribution in [0.4, 0.5) is 0 Å². The third kappa shape index (κ3) is 4.75. The second-order valence-corrected chi connectivity index (χ2v) is 6.27. The maximum Gasteiger partial charge on any atom is 0.191 e. The lowest BCUT2D eigenvalue weighted by Gasteiger charge is -2.16. The first-order valence-electron chi connectivity index (χ1n) is 9.00. The summed E-state index contributed by atoms with van der Waals surface area (Å²) in [6.45, 7) is 7.03. The Hall–Kier alpha value is -2.30. The first kappa shape index (κ1) is 22.0. The molecule has 0 spiro atoms. The number of aromatic nitrogens is 3. The molecule has 0 amide bonds. The number of hydrogen-bond donors (Lipinski definition) is 2. The van der Waals surface area contributed by atoms with Gasteiger partial charge in [0.15, 0.2) is 23.1 Å². The topological polar surface area (TPSA) is 89.5 Å². The summed E-state index contributed by atoms with van der Waals surface area (Å²) < 4.78 is 13.6. The molecular weight excluding hydrogens is 471 g/mol. The highest BCUT2D eigenvalue weighted by molar-refractivity contribution is 14.0. The van der Waals surface area contributed by atoms with Crippen molar-refractivity contribution in [1.82, 2.24) is 25.4 Å². The normalized spacial score (nSPS) is 12.5. The van der Waals surface area contributed by atoms with E-state index in [0.29, 0.717) is 19.1 Å². The predicted molar refractivity (Wildman–Crippen MR) is 120 cm³/mol. The van der Waals surface area contributed by atoms with Gasteiger partial charge in [-0.05, 0) is 32.9 Å². The van der Waals surface area contributed by atoms with Gasteiger partial charge in [-0.25, -0.2) is 0 Å². The number of fused-ring (bicyclic) bond motifs is 1. The van der Waals surface area contributed by atoms with Crippen LogP contribution < -0.4 is 15.4 Å². The number of ether oxygens (including phenoxy) is 1. The molecule has 1 aromatic carbocycles. The number of aryl methyl sites for hydroxylation is 1. The fourth-order valence-electron chi connectivity index (χ4n) is 2.78. The second-order valence-electron chi connectivity index (χ2n) is 6.27. The minimum Gasteiger partial charge on any atom is -0.490 e. The zero-order valence-corrected chi connectivity index (χ0v) is 19.1. The van der Waals surface area contributed by atoms with E-state index < -0.39 is 0 Å². The summed E-state index contributed by atoms with van der Waals surface area (Å²) in [7, 11) is 3.67. The highest BCUT2D eigenvalue weighted by atomic mass is 127. The lowest BCUT2D eigenvalue weighted by atomic mass is 10.2. The molecule has 0 fully saturated rings. The Morgan fingerprint density at radius 3 is 2.79 bits per heavy atom. The third-order valence-electron chi connectivity index (χ3n) is 4.43. The van der Waals surface area contributed by atoms with Crippen LogP contribution in [0.2, 0.25) is 0 Å². The zero-order valence-electron chi connectivity index (χ0n) is 16.8. The fraction of sp³-hybridized carbons (Fsp3) is 0.421. The maximum absolute atomic E-state index is 6.05. The van der Waals surface area contributed by atoms with Crippen molar-refractivity contribution < 1.29 is 9.15 Å². The standard InChI is InChI=1S/C19H26N6O2.HI/c1-6-26-15-9-7-8-14-10-16(27-18(14)15)12(2)22-19(20-4)21-11-17-24-23-13(3)25(17)5;/h7-10,12H,6,11H2,1-5H3,(H2,20,21,22);1H. The molecule has 2 aromatic heterocycles. The van der Waals surface area contributed by atoms with Gasteiger partial charge in [0.05, 0.1) is 19.2 Å². The van der Waals surface area contributed by atoms with Gasteiger partial charge >= 0.3 is 0 Å². The zero-order chi connectivity index (χ0) is 19.4. The van der Waals surface area contributed by atoms with E-state index in [1.165, 1.54) is 0 Å². The minimum atomic E-state index is -0.0701. The van der Waals surface area contributed by atoms with Gasteiger partial charge in [0.1, 0.15) is 11.6 Å². The van der Waals surface area contributed by atoms with E-state index in [1.807, 2.05) is 56.7 Å². The molecule has 0 radical (unpaired) electrons. The number of furan rings is 1. The summed E-state index contributed by atoms with van der Waals surface area (Å²) in [4.78, 5) is 4.28. The number of aliphatic imine (C=N–C) groups is 1. The lowest BCUT2D eigenvalue weighted by Crippen LogP contribution is -2.38. The summed E-state index contributed by atoms with van der Waals surface area (Å²) in [5, 5.41) is 15.8. The summed E-state index contributed by atoms with van der Waals surface area (Å²) in [5.74, 6) is 3.94. The van der Waals surface area contributed by atoms with Crippen molar-refractivity contribution in [3.05, 3.63) is 41.7 Å². The van der Waals surface area contributed by atoms with Crippen molar-refractivity contribution in [2.24, 2.45) is 12.0 Å². The largest absolute Gasteiger partial charge is 0.490 e. The van der Waals surface area contributed by atoms with Crippen LogP contribution in [0.5, 0.6) is 5.75 Å². The summed E-state index contributed by atoms with van der Waals surface area (Å²) >= 11 is 0. The van der Waals surface area contributed by atoms with Crippen LogP contribution in [0.25, 0.3) is 11.0 Å². The maximum atomic E-state index is 6.05. The quantitative estimate of drug-likeness (QED) is 0.308. The van der Waals surface area contributed by atoms with E-state index in [-0.39, 0.29) is 30.0 Å². The van der Waals surface area contributed by atoms with E-state index in [1.54, 1.807) is 7.05 Å². The number of benzene rings is 1. The van der Waals surface area contributed by atoms with E-state index in [0.717, 1.165) is 34.1 Å².